The molecule has 0 aromatic heterocycles. The van der Waals surface area contributed by atoms with Gasteiger partial charge in [-0.3, -0.25) is 0 Å². The van der Waals surface area contributed by atoms with Crippen molar-refractivity contribution in [1.82, 2.24) is 5.32 Å². The average molecular weight is 180 g/mol. The molecule has 2 N–H and O–H groups in total. The van der Waals surface area contributed by atoms with Crippen molar-refractivity contribution in [2.24, 2.45) is 5.92 Å². The normalized spacial score (nSPS) is 29.2. The molecule has 11 heavy (non-hydrogen) atoms. The van der Waals surface area contributed by atoms with Crippen LogP contribution in [-0.2, 0) is 0 Å². The van der Waals surface area contributed by atoms with Crippen LogP contribution >= 0.6 is 12.4 Å². The molecule has 68 valence electrons. The maximum Gasteiger partial charge on any atom is 0.0471 e. The lowest BCUT2D eigenvalue weighted by Gasteiger charge is -2.35. The second-order valence-electron chi connectivity index (χ2n) is 3.85. The maximum atomic E-state index is 8.82. The standard InChI is InChI=1S/C8H17NO.ClH/c1-8(2)4-3-7(6-10)5-9-8;/h7,9-10H,3-6H2,1-2H3;1H. The van der Waals surface area contributed by atoms with E-state index in [-0.39, 0.29) is 12.4 Å². The van der Waals surface area contributed by atoms with Gasteiger partial charge in [-0.25, -0.2) is 0 Å². The van der Waals surface area contributed by atoms with Gasteiger partial charge in [-0.2, -0.15) is 0 Å². The second-order valence-corrected chi connectivity index (χ2v) is 3.85. The zero-order valence-corrected chi connectivity index (χ0v) is 8.08. The summed E-state index contributed by atoms with van der Waals surface area (Å²) in [7, 11) is 0. The molecular formula is C8H18ClNO. The van der Waals surface area contributed by atoms with Crippen molar-refractivity contribution in [3.05, 3.63) is 0 Å². The molecule has 1 aliphatic rings. The van der Waals surface area contributed by atoms with Crippen LogP contribution in [0.2, 0.25) is 0 Å². The van der Waals surface area contributed by atoms with Gasteiger partial charge in [0.05, 0.1) is 0 Å². The molecule has 1 atom stereocenters. The largest absolute Gasteiger partial charge is 0.396 e. The SMILES string of the molecule is CC1(C)CCC(CO)CN1.Cl. The van der Waals surface area contributed by atoms with E-state index in [1.807, 2.05) is 0 Å². The Hall–Kier alpha value is 0.210. The summed E-state index contributed by atoms with van der Waals surface area (Å²) < 4.78 is 0. The number of hydrogen-bond acceptors (Lipinski definition) is 2. The van der Waals surface area contributed by atoms with E-state index in [1.165, 1.54) is 6.42 Å². The molecule has 1 unspecified atom stereocenters. The van der Waals surface area contributed by atoms with E-state index in [9.17, 15) is 0 Å². The topological polar surface area (TPSA) is 32.3 Å². The van der Waals surface area contributed by atoms with E-state index in [0.717, 1.165) is 13.0 Å². The van der Waals surface area contributed by atoms with Gasteiger partial charge in [-0.15, -0.1) is 12.4 Å². The summed E-state index contributed by atoms with van der Waals surface area (Å²) in [6.45, 7) is 5.73. The van der Waals surface area contributed by atoms with E-state index in [0.29, 0.717) is 18.1 Å². The van der Waals surface area contributed by atoms with Gasteiger partial charge in [-0.1, -0.05) is 0 Å². The predicted octanol–water partition coefficient (Wildman–Crippen LogP) is 1.18. The van der Waals surface area contributed by atoms with Gasteiger partial charge in [0.15, 0.2) is 0 Å². The first kappa shape index (κ1) is 11.2. The summed E-state index contributed by atoms with van der Waals surface area (Å²) in [5, 5.41) is 12.2. The summed E-state index contributed by atoms with van der Waals surface area (Å²) >= 11 is 0. The van der Waals surface area contributed by atoms with Crippen LogP contribution in [0.1, 0.15) is 26.7 Å². The predicted molar refractivity (Wildman–Crippen MR) is 49.1 cm³/mol. The lowest BCUT2D eigenvalue weighted by molar-refractivity contribution is 0.160. The Labute approximate surface area is 74.8 Å². The molecule has 0 radical (unpaired) electrons. The highest BCUT2D eigenvalue weighted by Crippen LogP contribution is 2.21. The summed E-state index contributed by atoms with van der Waals surface area (Å²) in [5.74, 6) is 0.494. The van der Waals surface area contributed by atoms with Crippen molar-refractivity contribution < 1.29 is 5.11 Å². The molecule has 1 rings (SSSR count). The third kappa shape index (κ3) is 3.41. The van der Waals surface area contributed by atoms with Crippen LogP contribution in [0.15, 0.2) is 0 Å². The van der Waals surface area contributed by atoms with Crippen LogP contribution in [0.5, 0.6) is 0 Å². The van der Waals surface area contributed by atoms with Gasteiger partial charge in [-0.05, 0) is 32.6 Å². The number of halogens is 1. The highest BCUT2D eigenvalue weighted by Gasteiger charge is 2.24. The summed E-state index contributed by atoms with van der Waals surface area (Å²) in [6, 6.07) is 0. The molecule has 0 spiro atoms. The fourth-order valence-electron chi connectivity index (χ4n) is 1.33. The molecular weight excluding hydrogens is 162 g/mol. The van der Waals surface area contributed by atoms with E-state index in [4.69, 9.17) is 5.11 Å². The third-order valence-corrected chi connectivity index (χ3v) is 2.31. The van der Waals surface area contributed by atoms with Crippen molar-refractivity contribution in [3.8, 4) is 0 Å². The minimum Gasteiger partial charge on any atom is -0.396 e. The molecule has 0 aliphatic carbocycles. The Morgan fingerprint density at radius 2 is 2.18 bits per heavy atom. The molecule has 1 fully saturated rings. The molecule has 1 heterocycles. The molecule has 0 bridgehead atoms. The van der Waals surface area contributed by atoms with Gasteiger partial charge in [0.2, 0.25) is 0 Å². The van der Waals surface area contributed by atoms with Crippen LogP contribution in [-0.4, -0.2) is 23.8 Å². The van der Waals surface area contributed by atoms with Crippen molar-refractivity contribution in [3.63, 3.8) is 0 Å². The molecule has 0 aromatic carbocycles. The fourth-order valence-corrected chi connectivity index (χ4v) is 1.33. The van der Waals surface area contributed by atoms with E-state index in [1.54, 1.807) is 0 Å². The zero-order chi connectivity index (χ0) is 7.61. The lowest BCUT2D eigenvalue weighted by atomic mass is 9.87. The van der Waals surface area contributed by atoms with Gasteiger partial charge in [0.1, 0.15) is 0 Å². The third-order valence-electron chi connectivity index (χ3n) is 2.31. The molecule has 0 amide bonds. The van der Waals surface area contributed by atoms with Gasteiger partial charge in [0, 0.05) is 18.7 Å². The van der Waals surface area contributed by atoms with Crippen molar-refractivity contribution in [2.75, 3.05) is 13.2 Å². The summed E-state index contributed by atoms with van der Waals surface area (Å²) in [6.07, 6.45) is 2.34. The van der Waals surface area contributed by atoms with Crippen molar-refractivity contribution in [1.29, 1.82) is 0 Å². The highest BCUT2D eigenvalue weighted by atomic mass is 35.5. The number of nitrogens with one attached hydrogen (secondary N) is 1. The number of piperidine rings is 1. The first-order valence-electron chi connectivity index (χ1n) is 4.00. The smallest absolute Gasteiger partial charge is 0.0471 e. The van der Waals surface area contributed by atoms with E-state index >= 15 is 0 Å². The number of aliphatic hydroxyl groups excluding tert-OH is 1. The Balaban J connectivity index is 0.000001000. The quantitative estimate of drug-likeness (QED) is 0.634. The number of aliphatic hydroxyl groups is 1. The minimum absolute atomic E-state index is 0. The summed E-state index contributed by atoms with van der Waals surface area (Å²) in [5.41, 5.74) is 0.297. The van der Waals surface area contributed by atoms with E-state index in [2.05, 4.69) is 19.2 Å². The monoisotopic (exact) mass is 179 g/mol. The Morgan fingerprint density at radius 3 is 2.55 bits per heavy atom. The molecule has 1 aliphatic heterocycles. The van der Waals surface area contributed by atoms with Crippen LogP contribution in [0, 0.1) is 5.92 Å². The maximum absolute atomic E-state index is 8.82. The Kier molecular flexibility index (Phi) is 4.37. The van der Waals surface area contributed by atoms with E-state index < -0.39 is 0 Å². The Morgan fingerprint density at radius 1 is 1.55 bits per heavy atom. The fraction of sp³-hybridized carbons (Fsp3) is 1.00. The van der Waals surface area contributed by atoms with Crippen molar-refractivity contribution >= 4 is 12.4 Å². The molecule has 3 heteroatoms. The first-order chi connectivity index (χ1) is 4.64. The van der Waals surface area contributed by atoms with Crippen LogP contribution in [0.3, 0.4) is 0 Å². The molecule has 0 aromatic rings. The van der Waals surface area contributed by atoms with Gasteiger partial charge < -0.3 is 10.4 Å². The molecule has 1 saturated heterocycles. The number of hydrogen-bond donors (Lipinski definition) is 2. The second kappa shape index (κ2) is 4.29. The zero-order valence-electron chi connectivity index (χ0n) is 7.26. The van der Waals surface area contributed by atoms with Gasteiger partial charge in [0.25, 0.3) is 0 Å². The number of rotatable bonds is 1. The van der Waals surface area contributed by atoms with Crippen LogP contribution < -0.4 is 5.32 Å². The first-order valence-corrected chi connectivity index (χ1v) is 4.00. The molecule has 0 saturated carbocycles. The van der Waals surface area contributed by atoms with Crippen molar-refractivity contribution in [2.45, 2.75) is 32.2 Å². The molecule has 2 nitrogen and oxygen atoms in total. The van der Waals surface area contributed by atoms with Crippen LogP contribution in [0.25, 0.3) is 0 Å². The average Bonchev–Trinajstić information content (AvgIpc) is 1.88. The summed E-state index contributed by atoms with van der Waals surface area (Å²) in [4.78, 5) is 0. The van der Waals surface area contributed by atoms with Gasteiger partial charge >= 0.3 is 0 Å². The Bertz CT molecular complexity index is 107. The lowest BCUT2D eigenvalue weighted by Crippen LogP contribution is -2.47. The highest BCUT2D eigenvalue weighted by molar-refractivity contribution is 5.85. The minimum atomic E-state index is 0. The van der Waals surface area contributed by atoms with Crippen LogP contribution in [0.4, 0.5) is 0 Å².